The van der Waals surface area contributed by atoms with Gasteiger partial charge in [-0.2, -0.15) is 26.3 Å². The molecule has 3 aromatic rings. The Morgan fingerprint density at radius 2 is 1.54 bits per heavy atom. The molecule has 3 rings (SSSR count). The van der Waals surface area contributed by atoms with Gasteiger partial charge in [-0.1, -0.05) is 56.6 Å². The summed E-state index contributed by atoms with van der Waals surface area (Å²) in [5, 5.41) is 12.4. The lowest BCUT2D eigenvalue weighted by Gasteiger charge is -2.20. The number of hydrogen-bond acceptors (Lipinski definition) is 5. The first-order chi connectivity index (χ1) is 16.9. The van der Waals surface area contributed by atoms with Crippen molar-refractivity contribution < 1.29 is 31.3 Å². The summed E-state index contributed by atoms with van der Waals surface area (Å²) >= 11 is 5.69. The van der Waals surface area contributed by atoms with Gasteiger partial charge in [0.25, 0.3) is 11.2 Å². The largest absolute Gasteiger partial charge is 0.435 e. The summed E-state index contributed by atoms with van der Waals surface area (Å²) in [6.07, 6.45) is -10.1. The normalized spacial score (nSPS) is 12.5. The number of anilines is 2. The number of nitro benzene ring substituents is 1. The van der Waals surface area contributed by atoms with Crippen LogP contribution in [0.3, 0.4) is 0 Å². The number of rotatable bonds is 5. The van der Waals surface area contributed by atoms with Crippen LogP contribution in [0.1, 0.15) is 43.2 Å². The number of hydrogen-bond donors (Lipinski definition) is 1. The molecule has 0 atom stereocenters. The molecule has 0 aliphatic rings. The zero-order valence-corrected chi connectivity index (χ0v) is 20.2. The lowest BCUT2D eigenvalue weighted by atomic mass is 9.87. The number of benzene rings is 2. The Kier molecular flexibility index (Phi) is 7.32. The van der Waals surface area contributed by atoms with Crippen molar-refractivity contribution >= 4 is 28.9 Å². The van der Waals surface area contributed by atoms with Gasteiger partial charge in [0.05, 0.1) is 17.0 Å². The fourth-order valence-electron chi connectivity index (χ4n) is 3.34. The summed E-state index contributed by atoms with van der Waals surface area (Å²) in [7, 11) is 0. The summed E-state index contributed by atoms with van der Waals surface area (Å²) in [4.78, 5) is 26.5. The van der Waals surface area contributed by atoms with Crippen molar-refractivity contribution in [3.63, 3.8) is 0 Å². The Bertz CT molecular complexity index is 1390. The van der Waals surface area contributed by atoms with Crippen LogP contribution in [-0.2, 0) is 24.3 Å². The van der Waals surface area contributed by atoms with Gasteiger partial charge in [-0.3, -0.25) is 19.5 Å². The third kappa shape index (κ3) is 6.21. The molecule has 1 N–H and O–H groups in total. The lowest BCUT2D eigenvalue weighted by Crippen LogP contribution is -2.29. The van der Waals surface area contributed by atoms with Gasteiger partial charge in [-0.05, 0) is 28.7 Å². The topological polar surface area (TPSA) is 90.1 Å². The molecule has 0 spiro atoms. The summed E-state index contributed by atoms with van der Waals surface area (Å²) in [6.45, 7) is 5.55. The molecule has 37 heavy (non-hydrogen) atoms. The molecule has 0 fully saturated rings. The number of halogens is 7. The van der Waals surface area contributed by atoms with Crippen molar-refractivity contribution in [2.24, 2.45) is 0 Å². The molecular weight excluding hydrogens is 530 g/mol. The monoisotopic (exact) mass is 548 g/mol. The second kappa shape index (κ2) is 9.69. The van der Waals surface area contributed by atoms with Crippen molar-refractivity contribution in [2.75, 3.05) is 5.32 Å². The summed E-state index contributed by atoms with van der Waals surface area (Å²) in [5.41, 5.74) is -4.92. The van der Waals surface area contributed by atoms with E-state index in [4.69, 9.17) is 11.6 Å². The predicted octanol–water partition coefficient (Wildman–Crippen LogP) is 6.93. The molecule has 2 aromatic carbocycles. The molecule has 7 nitrogen and oxygen atoms in total. The minimum Gasteiger partial charge on any atom is -0.320 e. The highest BCUT2D eigenvalue weighted by molar-refractivity contribution is 6.31. The maximum absolute atomic E-state index is 13.5. The van der Waals surface area contributed by atoms with Gasteiger partial charge in [-0.25, -0.2) is 4.98 Å². The first-order valence-corrected chi connectivity index (χ1v) is 10.9. The van der Waals surface area contributed by atoms with Gasteiger partial charge in [0.2, 0.25) is 5.95 Å². The van der Waals surface area contributed by atoms with Crippen molar-refractivity contribution in [1.82, 2.24) is 9.55 Å². The Labute approximate surface area is 210 Å². The third-order valence-corrected chi connectivity index (χ3v) is 5.65. The van der Waals surface area contributed by atoms with E-state index in [1.54, 1.807) is 24.3 Å². The maximum Gasteiger partial charge on any atom is 0.435 e. The molecule has 0 radical (unpaired) electrons. The van der Waals surface area contributed by atoms with Gasteiger partial charge in [0.15, 0.2) is 5.69 Å². The van der Waals surface area contributed by atoms with E-state index < -0.39 is 56.4 Å². The highest BCUT2D eigenvalue weighted by atomic mass is 35.5. The molecule has 198 valence electrons. The Hall–Kier alpha value is -3.61. The summed E-state index contributed by atoms with van der Waals surface area (Å²) in [5.74, 6) is -0.801. The predicted molar refractivity (Wildman–Crippen MR) is 124 cm³/mol. The van der Waals surface area contributed by atoms with Crippen LogP contribution in [0.15, 0.2) is 47.3 Å². The first kappa shape index (κ1) is 28.0. The quantitative estimate of drug-likeness (QED) is 0.212. The van der Waals surface area contributed by atoms with E-state index in [9.17, 15) is 41.3 Å². The average molecular weight is 549 g/mol. The van der Waals surface area contributed by atoms with Crippen LogP contribution in [0, 0.1) is 10.1 Å². The van der Waals surface area contributed by atoms with Crippen LogP contribution < -0.4 is 10.9 Å². The van der Waals surface area contributed by atoms with Crippen molar-refractivity contribution in [2.45, 2.75) is 45.1 Å². The molecule has 0 saturated heterocycles. The summed E-state index contributed by atoms with van der Waals surface area (Å²) in [6, 6.07) is 8.16. The Morgan fingerprint density at radius 3 is 2.03 bits per heavy atom. The average Bonchev–Trinajstić information content (AvgIpc) is 2.76. The molecule has 1 aromatic heterocycles. The number of nitrogens with zero attached hydrogens (tertiary/aromatic N) is 3. The molecule has 0 aliphatic heterocycles. The SMILES string of the molecule is CC(C)(C)c1ccc(Cn2c(Nc3ccc(C(F)(F)F)cc3[N+](=O)[O-])nc(C(F)(F)F)c(Cl)c2=O)cc1. The van der Waals surface area contributed by atoms with Crippen molar-refractivity contribution in [3.05, 3.63) is 90.3 Å². The fraction of sp³-hybridized carbons (Fsp3) is 0.304. The van der Waals surface area contributed by atoms with Crippen molar-refractivity contribution in [1.29, 1.82) is 0 Å². The molecular formula is C23H19ClF6N4O3. The van der Waals surface area contributed by atoms with Crippen LogP contribution in [0.2, 0.25) is 5.02 Å². The van der Waals surface area contributed by atoms with E-state index in [2.05, 4.69) is 10.3 Å². The minimum absolute atomic E-state index is 0.206. The van der Waals surface area contributed by atoms with E-state index in [1.807, 2.05) is 20.8 Å². The molecule has 0 amide bonds. The van der Waals surface area contributed by atoms with Gasteiger partial charge in [0.1, 0.15) is 10.7 Å². The van der Waals surface area contributed by atoms with Gasteiger partial charge < -0.3 is 5.32 Å². The van der Waals surface area contributed by atoms with E-state index in [0.29, 0.717) is 22.3 Å². The summed E-state index contributed by atoms with van der Waals surface area (Å²) < 4.78 is 80.3. The highest BCUT2D eigenvalue weighted by Gasteiger charge is 2.38. The Balaban J connectivity index is 2.17. The molecule has 0 saturated carbocycles. The zero-order valence-electron chi connectivity index (χ0n) is 19.5. The highest BCUT2D eigenvalue weighted by Crippen LogP contribution is 2.37. The molecule has 0 aliphatic carbocycles. The van der Waals surface area contributed by atoms with Crippen LogP contribution in [0.5, 0.6) is 0 Å². The van der Waals surface area contributed by atoms with Gasteiger partial charge in [-0.15, -0.1) is 0 Å². The number of nitro groups is 1. The molecule has 0 unspecified atom stereocenters. The molecule has 0 bridgehead atoms. The third-order valence-electron chi connectivity index (χ3n) is 5.31. The zero-order chi connectivity index (χ0) is 27.9. The Morgan fingerprint density at radius 1 is 0.973 bits per heavy atom. The smallest absolute Gasteiger partial charge is 0.320 e. The van der Waals surface area contributed by atoms with E-state index in [0.717, 1.165) is 5.56 Å². The van der Waals surface area contributed by atoms with E-state index in [1.165, 1.54) is 0 Å². The first-order valence-electron chi connectivity index (χ1n) is 10.5. The van der Waals surface area contributed by atoms with Crippen LogP contribution in [0.25, 0.3) is 0 Å². The van der Waals surface area contributed by atoms with Crippen LogP contribution in [0.4, 0.5) is 43.7 Å². The molecule has 1 heterocycles. The second-order valence-corrected chi connectivity index (χ2v) is 9.42. The number of aromatic nitrogens is 2. The fourth-order valence-corrected chi connectivity index (χ4v) is 3.59. The van der Waals surface area contributed by atoms with E-state index >= 15 is 0 Å². The van der Waals surface area contributed by atoms with Gasteiger partial charge >= 0.3 is 12.4 Å². The maximum atomic E-state index is 13.5. The van der Waals surface area contributed by atoms with Crippen molar-refractivity contribution in [3.8, 4) is 0 Å². The van der Waals surface area contributed by atoms with E-state index in [-0.39, 0.29) is 18.0 Å². The second-order valence-electron chi connectivity index (χ2n) is 9.05. The van der Waals surface area contributed by atoms with Gasteiger partial charge in [0, 0.05) is 6.07 Å². The number of alkyl halides is 6. The lowest BCUT2D eigenvalue weighted by molar-refractivity contribution is -0.384. The number of nitrogens with one attached hydrogen (secondary N) is 1. The van der Waals surface area contributed by atoms with Crippen LogP contribution >= 0.6 is 11.6 Å². The minimum atomic E-state index is -5.16. The molecule has 14 heteroatoms. The van der Waals surface area contributed by atoms with Crippen LogP contribution in [-0.4, -0.2) is 14.5 Å². The standard InChI is InChI=1S/C23H19ClF6N4O3/c1-21(2,3)13-6-4-12(5-7-13)11-33-19(35)17(24)18(23(28,29)30)32-20(33)31-15-9-8-14(22(25,26)27)10-16(15)34(36)37/h4-10H,11H2,1-3H3,(H,31,32).